The third-order valence-corrected chi connectivity index (χ3v) is 5.94. The molecule has 0 spiro atoms. The predicted octanol–water partition coefficient (Wildman–Crippen LogP) is -0.367. The van der Waals surface area contributed by atoms with Gasteiger partial charge in [-0.05, 0) is 43.6 Å². The molecule has 11 nitrogen and oxygen atoms in total. The standard InChI is InChI=1S/C20H34N4O7S/c1-11(2)16(18(28)22-13(20(30)31)8-10-32-3)23-17(27)14-5-4-9-24(14)19(29)12(21)6-7-15(25)26/h11-14,16H,4-10,21H2,1-3H3,(H,22,28)(H,23,27)(H,25,26)(H,30,31). The van der Waals surface area contributed by atoms with Crippen molar-refractivity contribution >= 4 is 41.4 Å². The minimum Gasteiger partial charge on any atom is -0.481 e. The molecule has 0 radical (unpaired) electrons. The average Bonchev–Trinajstić information content (AvgIpc) is 3.21. The molecule has 4 atom stereocenters. The van der Waals surface area contributed by atoms with E-state index in [2.05, 4.69) is 10.6 Å². The van der Waals surface area contributed by atoms with Crippen molar-refractivity contribution in [2.45, 2.75) is 70.1 Å². The molecule has 0 aromatic carbocycles. The second-order valence-corrected chi connectivity index (χ2v) is 9.13. The van der Waals surface area contributed by atoms with Crippen molar-refractivity contribution in [1.82, 2.24) is 15.5 Å². The molecule has 3 amide bonds. The zero-order valence-electron chi connectivity index (χ0n) is 18.7. The van der Waals surface area contributed by atoms with E-state index in [1.807, 2.05) is 6.26 Å². The van der Waals surface area contributed by atoms with Gasteiger partial charge in [0.05, 0.1) is 6.04 Å². The first-order chi connectivity index (χ1) is 15.0. The van der Waals surface area contributed by atoms with Crippen LogP contribution in [-0.2, 0) is 24.0 Å². The van der Waals surface area contributed by atoms with Crippen molar-refractivity contribution in [3.05, 3.63) is 0 Å². The minimum absolute atomic E-state index is 0.0390. The van der Waals surface area contributed by atoms with Crippen molar-refractivity contribution in [2.75, 3.05) is 18.6 Å². The van der Waals surface area contributed by atoms with E-state index in [9.17, 15) is 29.1 Å². The number of hydrogen-bond acceptors (Lipinski definition) is 7. The first-order valence-electron chi connectivity index (χ1n) is 10.6. The monoisotopic (exact) mass is 474 g/mol. The van der Waals surface area contributed by atoms with Gasteiger partial charge < -0.3 is 31.5 Å². The van der Waals surface area contributed by atoms with E-state index >= 15 is 0 Å². The lowest BCUT2D eigenvalue weighted by Crippen LogP contribution is -2.58. The molecule has 1 saturated heterocycles. The van der Waals surface area contributed by atoms with Gasteiger partial charge in [-0.25, -0.2) is 4.79 Å². The van der Waals surface area contributed by atoms with Crippen molar-refractivity contribution in [1.29, 1.82) is 0 Å². The normalized spacial score (nSPS) is 18.7. The average molecular weight is 475 g/mol. The molecule has 1 aliphatic rings. The third kappa shape index (κ3) is 8.30. The van der Waals surface area contributed by atoms with Crippen molar-refractivity contribution in [3.8, 4) is 0 Å². The number of nitrogens with zero attached hydrogens (tertiary/aromatic N) is 1. The number of hydrogen-bond donors (Lipinski definition) is 5. The molecule has 0 saturated carbocycles. The van der Waals surface area contributed by atoms with E-state index in [1.165, 1.54) is 16.7 Å². The van der Waals surface area contributed by atoms with Crippen LogP contribution < -0.4 is 16.4 Å². The number of carbonyl (C=O) groups is 5. The summed E-state index contributed by atoms with van der Waals surface area (Å²) in [6.45, 7) is 3.76. The number of aliphatic carboxylic acids is 2. The molecule has 1 rings (SSSR count). The van der Waals surface area contributed by atoms with E-state index < -0.39 is 53.8 Å². The van der Waals surface area contributed by atoms with Gasteiger partial charge in [0, 0.05) is 13.0 Å². The highest BCUT2D eigenvalue weighted by atomic mass is 32.2. The van der Waals surface area contributed by atoms with Gasteiger partial charge >= 0.3 is 11.9 Å². The van der Waals surface area contributed by atoms with Crippen LogP contribution in [0.2, 0.25) is 0 Å². The lowest BCUT2D eigenvalue weighted by Gasteiger charge is -2.29. The second-order valence-electron chi connectivity index (χ2n) is 8.14. The molecule has 0 aliphatic carbocycles. The Labute approximate surface area is 191 Å². The summed E-state index contributed by atoms with van der Waals surface area (Å²) >= 11 is 1.46. The minimum atomic E-state index is -1.15. The first kappa shape index (κ1) is 27.7. The fourth-order valence-electron chi connectivity index (χ4n) is 3.46. The number of carbonyl (C=O) groups excluding carboxylic acids is 3. The predicted molar refractivity (Wildman–Crippen MR) is 119 cm³/mol. The fraction of sp³-hybridized carbons (Fsp3) is 0.750. The molecule has 4 unspecified atom stereocenters. The zero-order chi connectivity index (χ0) is 24.4. The maximum Gasteiger partial charge on any atom is 0.326 e. The maximum absolute atomic E-state index is 12.9. The van der Waals surface area contributed by atoms with Gasteiger partial charge in [0.15, 0.2) is 0 Å². The van der Waals surface area contributed by atoms with Crippen LogP contribution in [0.5, 0.6) is 0 Å². The van der Waals surface area contributed by atoms with Crippen LogP contribution in [-0.4, -0.2) is 87.5 Å². The van der Waals surface area contributed by atoms with Crippen molar-refractivity contribution in [3.63, 3.8) is 0 Å². The molecule has 0 bridgehead atoms. The number of thioether (sulfide) groups is 1. The number of likely N-dealkylation sites (tertiary alicyclic amines) is 1. The highest BCUT2D eigenvalue weighted by Gasteiger charge is 2.38. The summed E-state index contributed by atoms with van der Waals surface area (Å²) in [6.07, 6.45) is 2.75. The molecule has 0 aromatic heterocycles. The van der Waals surface area contributed by atoms with Gasteiger partial charge in [-0.15, -0.1) is 0 Å². The van der Waals surface area contributed by atoms with Crippen LogP contribution in [0.25, 0.3) is 0 Å². The number of rotatable bonds is 13. The summed E-state index contributed by atoms with van der Waals surface area (Å²) in [5.41, 5.74) is 5.82. The second kappa shape index (κ2) is 13.3. The Morgan fingerprint density at radius 3 is 2.31 bits per heavy atom. The van der Waals surface area contributed by atoms with Gasteiger partial charge in [-0.1, -0.05) is 13.8 Å². The van der Waals surface area contributed by atoms with Crippen LogP contribution in [0.15, 0.2) is 0 Å². The summed E-state index contributed by atoms with van der Waals surface area (Å²) < 4.78 is 0. The van der Waals surface area contributed by atoms with E-state index in [-0.39, 0.29) is 25.2 Å². The summed E-state index contributed by atoms with van der Waals surface area (Å²) in [5.74, 6) is -3.61. The third-order valence-electron chi connectivity index (χ3n) is 5.30. The molecule has 1 aliphatic heterocycles. The molecular weight excluding hydrogens is 440 g/mol. The molecule has 182 valence electrons. The van der Waals surface area contributed by atoms with Crippen LogP contribution in [0.1, 0.15) is 46.0 Å². The summed E-state index contributed by atoms with van der Waals surface area (Å²) in [6, 6.07) is -3.89. The smallest absolute Gasteiger partial charge is 0.326 e. The molecule has 32 heavy (non-hydrogen) atoms. The molecule has 6 N–H and O–H groups in total. The number of carboxylic acid groups (broad SMARTS) is 2. The highest BCUT2D eigenvalue weighted by Crippen LogP contribution is 2.20. The number of nitrogens with two attached hydrogens (primary N) is 1. The lowest BCUT2D eigenvalue weighted by atomic mass is 10.0. The van der Waals surface area contributed by atoms with Crippen LogP contribution in [0.3, 0.4) is 0 Å². The largest absolute Gasteiger partial charge is 0.481 e. The maximum atomic E-state index is 12.9. The first-order valence-corrected chi connectivity index (χ1v) is 12.0. The molecular formula is C20H34N4O7S. The van der Waals surface area contributed by atoms with Gasteiger partial charge in [-0.3, -0.25) is 19.2 Å². The van der Waals surface area contributed by atoms with Gasteiger partial charge in [0.1, 0.15) is 18.1 Å². The summed E-state index contributed by atoms with van der Waals surface area (Å²) in [4.78, 5) is 61.8. The van der Waals surface area contributed by atoms with E-state index in [0.29, 0.717) is 25.1 Å². The molecule has 0 aromatic rings. The van der Waals surface area contributed by atoms with Crippen LogP contribution >= 0.6 is 11.8 Å². The van der Waals surface area contributed by atoms with E-state index in [1.54, 1.807) is 13.8 Å². The number of nitrogens with one attached hydrogen (secondary N) is 2. The van der Waals surface area contributed by atoms with Gasteiger partial charge in [0.25, 0.3) is 0 Å². The Balaban J connectivity index is 2.83. The van der Waals surface area contributed by atoms with E-state index in [0.717, 1.165) is 0 Å². The quantitative estimate of drug-likeness (QED) is 0.238. The highest BCUT2D eigenvalue weighted by molar-refractivity contribution is 7.98. The topological polar surface area (TPSA) is 179 Å². The Kier molecular flexibility index (Phi) is 11.5. The van der Waals surface area contributed by atoms with E-state index in [4.69, 9.17) is 10.8 Å². The Morgan fingerprint density at radius 2 is 1.78 bits per heavy atom. The molecule has 1 heterocycles. The molecule has 1 fully saturated rings. The van der Waals surface area contributed by atoms with Crippen molar-refractivity contribution < 1.29 is 34.2 Å². The van der Waals surface area contributed by atoms with Gasteiger partial charge in [-0.2, -0.15) is 11.8 Å². The lowest BCUT2D eigenvalue weighted by molar-refractivity contribution is -0.143. The summed E-state index contributed by atoms with van der Waals surface area (Å²) in [7, 11) is 0. The molecule has 12 heteroatoms. The zero-order valence-corrected chi connectivity index (χ0v) is 19.5. The Bertz CT molecular complexity index is 703. The summed E-state index contributed by atoms with van der Waals surface area (Å²) in [5, 5.41) is 23.3. The van der Waals surface area contributed by atoms with Gasteiger partial charge in [0.2, 0.25) is 17.7 Å². The number of carboxylic acids is 2. The van der Waals surface area contributed by atoms with Crippen molar-refractivity contribution in [2.24, 2.45) is 11.7 Å². The van der Waals surface area contributed by atoms with Crippen LogP contribution in [0, 0.1) is 5.92 Å². The SMILES string of the molecule is CSCCC(NC(=O)C(NC(=O)C1CCCN1C(=O)C(N)CCC(=O)O)C(C)C)C(=O)O. The van der Waals surface area contributed by atoms with Crippen LogP contribution in [0.4, 0.5) is 0 Å². The number of amides is 3. The Hall–Kier alpha value is -2.34. The fourth-order valence-corrected chi connectivity index (χ4v) is 3.93. The Morgan fingerprint density at radius 1 is 1.12 bits per heavy atom.